The molecule has 1 aliphatic rings. The fraction of sp³-hybridized carbons (Fsp3) is 0.611. The monoisotopic (exact) mass is 398 g/mol. The van der Waals surface area contributed by atoms with E-state index < -0.39 is 10.0 Å². The summed E-state index contributed by atoms with van der Waals surface area (Å²) < 4.78 is 35.3. The molecule has 9 heteroatoms. The minimum atomic E-state index is -3.08. The molecule has 2 rings (SSSR count). The van der Waals surface area contributed by atoms with E-state index in [0.29, 0.717) is 31.5 Å². The second kappa shape index (κ2) is 9.80. The molecule has 0 bridgehead atoms. The van der Waals surface area contributed by atoms with Crippen LogP contribution >= 0.6 is 0 Å². The molecule has 1 fully saturated rings. The summed E-state index contributed by atoms with van der Waals surface area (Å²) in [6, 6.07) is 5.70. The molecule has 8 nitrogen and oxygen atoms in total. The molecule has 2 N–H and O–H groups in total. The summed E-state index contributed by atoms with van der Waals surface area (Å²) in [5.74, 6) is 2.64. The Balaban J connectivity index is 1.82. The summed E-state index contributed by atoms with van der Waals surface area (Å²) >= 11 is 0. The highest BCUT2D eigenvalue weighted by atomic mass is 32.2. The molecule has 1 aliphatic heterocycles. The van der Waals surface area contributed by atoms with Crippen LogP contribution in [0.25, 0.3) is 0 Å². The highest BCUT2D eigenvalue weighted by Crippen LogP contribution is 2.24. The first-order valence-electron chi connectivity index (χ1n) is 8.98. The van der Waals surface area contributed by atoms with Crippen molar-refractivity contribution in [2.24, 2.45) is 10.9 Å². The number of nitrogens with zero attached hydrogens (tertiary/aromatic N) is 2. The quantitative estimate of drug-likeness (QED) is 0.527. The molecule has 1 saturated heterocycles. The Morgan fingerprint density at radius 2 is 1.93 bits per heavy atom. The molecule has 0 amide bonds. The number of aliphatic imine (C=N–C) groups is 1. The number of methoxy groups -OCH3 is 2. The average molecular weight is 399 g/mol. The zero-order valence-electron chi connectivity index (χ0n) is 16.5. The molecule has 1 aromatic carbocycles. The summed E-state index contributed by atoms with van der Waals surface area (Å²) in [6.07, 6.45) is 2.97. The van der Waals surface area contributed by atoms with E-state index in [4.69, 9.17) is 9.47 Å². The SMILES string of the molecule is CN=C(NCc1ccc(OC)cc1OC)NCC1CCN(S(C)(=O)=O)CC1. The smallest absolute Gasteiger partial charge is 0.211 e. The van der Waals surface area contributed by atoms with Crippen molar-refractivity contribution < 1.29 is 17.9 Å². The van der Waals surface area contributed by atoms with E-state index in [2.05, 4.69) is 15.6 Å². The van der Waals surface area contributed by atoms with Gasteiger partial charge in [-0.25, -0.2) is 12.7 Å². The van der Waals surface area contributed by atoms with Crippen molar-refractivity contribution in [1.82, 2.24) is 14.9 Å². The molecule has 1 aromatic rings. The summed E-state index contributed by atoms with van der Waals surface area (Å²) in [6.45, 7) is 2.50. The summed E-state index contributed by atoms with van der Waals surface area (Å²) in [5, 5.41) is 6.61. The standard InChI is InChI=1S/C18H30N4O4S/c1-19-18(20-12-14-7-9-22(10-8-14)27(4,23)24)21-13-15-5-6-16(25-2)11-17(15)26-3/h5-6,11,14H,7-10,12-13H2,1-4H3,(H2,19,20,21). The number of hydrogen-bond donors (Lipinski definition) is 2. The van der Waals surface area contributed by atoms with E-state index in [0.717, 1.165) is 36.4 Å². The Labute approximate surface area is 162 Å². The maximum atomic E-state index is 11.6. The third kappa shape index (κ3) is 6.28. The highest BCUT2D eigenvalue weighted by Gasteiger charge is 2.24. The van der Waals surface area contributed by atoms with Gasteiger partial charge in [-0.1, -0.05) is 0 Å². The van der Waals surface area contributed by atoms with Crippen LogP contribution in [0, 0.1) is 5.92 Å². The van der Waals surface area contributed by atoms with Crippen LogP contribution in [0.2, 0.25) is 0 Å². The number of ether oxygens (including phenoxy) is 2. The van der Waals surface area contributed by atoms with Gasteiger partial charge in [-0.2, -0.15) is 0 Å². The van der Waals surface area contributed by atoms with E-state index in [1.54, 1.807) is 25.6 Å². The van der Waals surface area contributed by atoms with Crippen LogP contribution in [0.3, 0.4) is 0 Å². The van der Waals surface area contributed by atoms with Gasteiger partial charge in [0.05, 0.1) is 20.5 Å². The van der Waals surface area contributed by atoms with Gasteiger partial charge >= 0.3 is 0 Å². The second-order valence-corrected chi connectivity index (χ2v) is 8.57. The van der Waals surface area contributed by atoms with Gasteiger partial charge in [-0.15, -0.1) is 0 Å². The Morgan fingerprint density at radius 1 is 1.22 bits per heavy atom. The fourth-order valence-corrected chi connectivity index (χ4v) is 3.96. The lowest BCUT2D eigenvalue weighted by molar-refractivity contribution is 0.275. The van der Waals surface area contributed by atoms with E-state index in [1.165, 1.54) is 6.26 Å². The minimum Gasteiger partial charge on any atom is -0.497 e. The van der Waals surface area contributed by atoms with E-state index in [1.807, 2.05) is 18.2 Å². The zero-order chi connectivity index (χ0) is 19.9. The third-order valence-electron chi connectivity index (χ3n) is 4.76. The Kier molecular flexibility index (Phi) is 7.73. The summed E-state index contributed by atoms with van der Waals surface area (Å²) in [5.41, 5.74) is 1.00. The molecule has 152 valence electrons. The lowest BCUT2D eigenvalue weighted by atomic mass is 9.98. The molecule has 0 aliphatic carbocycles. The second-order valence-electron chi connectivity index (χ2n) is 6.59. The Hall–Kier alpha value is -2.00. The molecule has 0 spiro atoms. The molecule has 0 atom stereocenters. The molecule has 0 aromatic heterocycles. The molecule has 0 saturated carbocycles. The number of nitrogens with one attached hydrogen (secondary N) is 2. The first-order chi connectivity index (χ1) is 12.9. The number of guanidine groups is 1. The van der Waals surface area contributed by atoms with Crippen molar-refractivity contribution in [2.75, 3.05) is 47.2 Å². The average Bonchev–Trinajstić information content (AvgIpc) is 2.67. The van der Waals surface area contributed by atoms with Gasteiger partial charge in [-0.3, -0.25) is 4.99 Å². The van der Waals surface area contributed by atoms with Crippen LogP contribution < -0.4 is 20.1 Å². The molecule has 0 unspecified atom stereocenters. The van der Waals surface area contributed by atoms with Crippen LogP contribution in [0.15, 0.2) is 23.2 Å². The lowest BCUT2D eigenvalue weighted by Crippen LogP contribution is -2.43. The van der Waals surface area contributed by atoms with Gasteiger partial charge in [0.1, 0.15) is 11.5 Å². The zero-order valence-corrected chi connectivity index (χ0v) is 17.3. The molecular formula is C18H30N4O4S. The number of benzene rings is 1. The van der Waals surface area contributed by atoms with Crippen molar-refractivity contribution >= 4 is 16.0 Å². The van der Waals surface area contributed by atoms with Crippen LogP contribution in [-0.4, -0.2) is 65.8 Å². The van der Waals surface area contributed by atoms with Gasteiger partial charge in [0.2, 0.25) is 10.0 Å². The van der Waals surface area contributed by atoms with Crippen molar-refractivity contribution in [3.63, 3.8) is 0 Å². The topological polar surface area (TPSA) is 92.3 Å². The number of rotatable bonds is 7. The fourth-order valence-electron chi connectivity index (χ4n) is 3.08. The Bertz CT molecular complexity index is 744. The summed E-state index contributed by atoms with van der Waals surface area (Å²) in [4.78, 5) is 4.25. The number of hydrogen-bond acceptors (Lipinski definition) is 5. The molecule has 0 radical (unpaired) electrons. The van der Waals surface area contributed by atoms with E-state index in [9.17, 15) is 8.42 Å². The first kappa shape index (κ1) is 21.3. The normalized spacial score (nSPS) is 16.8. The predicted octanol–water partition coefficient (Wildman–Crippen LogP) is 1.04. The Morgan fingerprint density at radius 3 is 2.48 bits per heavy atom. The first-order valence-corrected chi connectivity index (χ1v) is 10.8. The number of piperidine rings is 1. The van der Waals surface area contributed by atoms with Gasteiger partial charge in [-0.05, 0) is 30.9 Å². The molecule has 27 heavy (non-hydrogen) atoms. The van der Waals surface area contributed by atoms with Crippen LogP contribution in [-0.2, 0) is 16.6 Å². The third-order valence-corrected chi connectivity index (χ3v) is 6.07. The van der Waals surface area contributed by atoms with Gasteiger partial charge in [0.25, 0.3) is 0 Å². The van der Waals surface area contributed by atoms with Crippen LogP contribution in [0.4, 0.5) is 0 Å². The predicted molar refractivity (Wildman–Crippen MR) is 107 cm³/mol. The van der Waals surface area contributed by atoms with E-state index >= 15 is 0 Å². The maximum Gasteiger partial charge on any atom is 0.211 e. The van der Waals surface area contributed by atoms with Crippen molar-refractivity contribution in [3.8, 4) is 11.5 Å². The molecule has 1 heterocycles. The van der Waals surface area contributed by atoms with Crippen molar-refractivity contribution in [1.29, 1.82) is 0 Å². The van der Waals surface area contributed by atoms with Gasteiger partial charge < -0.3 is 20.1 Å². The largest absolute Gasteiger partial charge is 0.497 e. The van der Waals surface area contributed by atoms with Crippen LogP contribution in [0.5, 0.6) is 11.5 Å². The summed E-state index contributed by atoms with van der Waals surface area (Å²) in [7, 11) is 1.91. The highest BCUT2D eigenvalue weighted by molar-refractivity contribution is 7.88. The van der Waals surface area contributed by atoms with Gasteiger partial charge in [0.15, 0.2) is 5.96 Å². The van der Waals surface area contributed by atoms with Crippen molar-refractivity contribution in [2.45, 2.75) is 19.4 Å². The maximum absolute atomic E-state index is 11.6. The minimum absolute atomic E-state index is 0.428. The lowest BCUT2D eigenvalue weighted by Gasteiger charge is -2.30. The van der Waals surface area contributed by atoms with E-state index in [-0.39, 0.29) is 0 Å². The van der Waals surface area contributed by atoms with Crippen molar-refractivity contribution in [3.05, 3.63) is 23.8 Å². The number of sulfonamides is 1. The molecular weight excluding hydrogens is 368 g/mol. The van der Waals surface area contributed by atoms with Gasteiger partial charge in [0, 0.05) is 44.9 Å². The van der Waals surface area contributed by atoms with Crippen LogP contribution in [0.1, 0.15) is 18.4 Å².